The molecule has 0 fully saturated rings. The first-order valence-corrected chi connectivity index (χ1v) is 8.01. The summed E-state index contributed by atoms with van der Waals surface area (Å²) >= 11 is 0. The molecule has 1 atom stereocenters. The van der Waals surface area contributed by atoms with Crippen molar-refractivity contribution in [3.8, 4) is 11.4 Å². The second-order valence-corrected chi connectivity index (χ2v) is 5.88. The zero-order valence-corrected chi connectivity index (χ0v) is 14.7. The summed E-state index contributed by atoms with van der Waals surface area (Å²) in [5.41, 5.74) is -0.457. The average Bonchev–Trinajstić information content (AvgIpc) is 3.28. The fourth-order valence-corrected chi connectivity index (χ4v) is 2.38. The van der Waals surface area contributed by atoms with Gasteiger partial charge in [-0.3, -0.25) is 14.5 Å². The van der Waals surface area contributed by atoms with Crippen molar-refractivity contribution in [1.29, 1.82) is 0 Å². The Balaban J connectivity index is 1.75. The molecule has 0 unspecified atom stereocenters. The average molecular weight is 396 g/mol. The number of aryl methyl sites for hydroxylation is 1. The Morgan fingerprint density at radius 2 is 2.14 bits per heavy atom. The van der Waals surface area contributed by atoms with Gasteiger partial charge in [0.05, 0.1) is 12.3 Å². The van der Waals surface area contributed by atoms with Crippen LogP contribution in [-0.4, -0.2) is 35.9 Å². The van der Waals surface area contributed by atoms with Crippen LogP contribution in [-0.2, 0) is 19.8 Å². The first kappa shape index (κ1) is 19.5. The molecule has 0 saturated carbocycles. The normalized spacial score (nSPS) is 12.8. The number of alkyl halides is 3. The molecule has 3 aromatic heterocycles. The maximum atomic E-state index is 12.7. The minimum Gasteiger partial charge on any atom is -0.390 e. The minimum atomic E-state index is -4.65. The van der Waals surface area contributed by atoms with Crippen molar-refractivity contribution >= 4 is 5.91 Å². The molecule has 9 nitrogen and oxygen atoms in total. The summed E-state index contributed by atoms with van der Waals surface area (Å²) in [5.74, 6) is -0.499. The lowest BCUT2D eigenvalue weighted by atomic mass is 10.2. The van der Waals surface area contributed by atoms with Gasteiger partial charge in [-0.15, -0.1) is 0 Å². The Kier molecular flexibility index (Phi) is 5.14. The molecular weight excluding hydrogens is 381 g/mol. The molecule has 0 saturated heterocycles. The van der Waals surface area contributed by atoms with E-state index in [1.165, 1.54) is 13.2 Å². The van der Waals surface area contributed by atoms with Gasteiger partial charge in [-0.1, -0.05) is 5.16 Å². The number of halogens is 3. The Morgan fingerprint density at radius 1 is 1.39 bits per heavy atom. The van der Waals surface area contributed by atoms with Crippen molar-refractivity contribution in [1.82, 2.24) is 30.2 Å². The topological polar surface area (TPSA) is 119 Å². The van der Waals surface area contributed by atoms with E-state index in [1.54, 1.807) is 19.1 Å². The van der Waals surface area contributed by atoms with Gasteiger partial charge in [0.1, 0.15) is 11.7 Å². The van der Waals surface area contributed by atoms with E-state index < -0.39 is 23.8 Å². The van der Waals surface area contributed by atoms with Gasteiger partial charge in [0.15, 0.2) is 5.69 Å². The molecule has 0 aliphatic carbocycles. The second kappa shape index (κ2) is 7.38. The number of carbonyl (C=O) groups excluding carboxylic acids is 1. The van der Waals surface area contributed by atoms with E-state index in [2.05, 4.69) is 25.5 Å². The van der Waals surface area contributed by atoms with Crippen molar-refractivity contribution in [2.45, 2.75) is 25.7 Å². The number of pyridine rings is 1. The fourth-order valence-electron chi connectivity index (χ4n) is 2.38. The highest BCUT2D eigenvalue weighted by Crippen LogP contribution is 2.28. The lowest BCUT2D eigenvalue weighted by Gasteiger charge is -2.09. The van der Waals surface area contributed by atoms with Crippen LogP contribution in [0.3, 0.4) is 0 Å². The van der Waals surface area contributed by atoms with Gasteiger partial charge in [0, 0.05) is 24.9 Å². The van der Waals surface area contributed by atoms with E-state index in [0.717, 1.165) is 4.68 Å². The standard InChI is InChI=1S/C16H15F3N6O3/c1-8(21-14(27)11-6-12(16(17,18)19)23-25(11)2)15-22-13(24-28-15)9-3-4-20-10(5-9)7-26/h3-6,8,26H,7H2,1-2H3,(H,21,27)/t8-/m0/s1. The number of hydrogen-bond donors (Lipinski definition) is 2. The Morgan fingerprint density at radius 3 is 2.79 bits per heavy atom. The monoisotopic (exact) mass is 396 g/mol. The third kappa shape index (κ3) is 4.01. The van der Waals surface area contributed by atoms with E-state index in [4.69, 9.17) is 9.63 Å². The fraction of sp³-hybridized carbons (Fsp3) is 0.312. The summed E-state index contributed by atoms with van der Waals surface area (Å²) in [7, 11) is 1.24. The molecule has 28 heavy (non-hydrogen) atoms. The second-order valence-electron chi connectivity index (χ2n) is 5.88. The van der Waals surface area contributed by atoms with Crippen molar-refractivity contribution < 1.29 is 27.6 Å². The van der Waals surface area contributed by atoms with Crippen molar-refractivity contribution in [2.24, 2.45) is 7.05 Å². The first-order chi connectivity index (χ1) is 13.2. The molecular formula is C16H15F3N6O3. The highest BCUT2D eigenvalue weighted by Gasteiger charge is 2.35. The van der Waals surface area contributed by atoms with Gasteiger partial charge < -0.3 is 14.9 Å². The zero-order valence-electron chi connectivity index (χ0n) is 14.7. The highest BCUT2D eigenvalue weighted by atomic mass is 19.4. The SMILES string of the molecule is C[C@H](NC(=O)c1cc(C(F)(F)F)nn1C)c1nc(-c2ccnc(CO)c2)no1. The number of aliphatic hydroxyl groups excluding tert-OH is 1. The molecule has 3 heterocycles. The van der Waals surface area contributed by atoms with Crippen LogP contribution in [0.2, 0.25) is 0 Å². The third-order valence-corrected chi connectivity index (χ3v) is 3.80. The molecule has 2 N–H and O–H groups in total. The van der Waals surface area contributed by atoms with Crippen molar-refractivity contribution in [2.75, 3.05) is 0 Å². The van der Waals surface area contributed by atoms with E-state index in [1.807, 2.05) is 0 Å². The number of amides is 1. The summed E-state index contributed by atoms with van der Waals surface area (Å²) in [6, 6.07) is 3.09. The Labute approximate surface area is 156 Å². The van der Waals surface area contributed by atoms with Crippen LogP contribution in [0, 0.1) is 0 Å². The van der Waals surface area contributed by atoms with E-state index in [-0.39, 0.29) is 24.0 Å². The molecule has 0 aromatic carbocycles. The van der Waals surface area contributed by atoms with Gasteiger partial charge in [-0.05, 0) is 19.1 Å². The van der Waals surface area contributed by atoms with Crippen LogP contribution >= 0.6 is 0 Å². The van der Waals surface area contributed by atoms with Gasteiger partial charge in [-0.2, -0.15) is 23.3 Å². The number of aromatic nitrogens is 5. The summed E-state index contributed by atoms with van der Waals surface area (Å²) in [5, 5.41) is 18.7. The van der Waals surface area contributed by atoms with Crippen molar-refractivity contribution in [3.05, 3.63) is 47.4 Å². The van der Waals surface area contributed by atoms with Crippen LogP contribution in [0.5, 0.6) is 0 Å². The molecule has 12 heteroatoms. The first-order valence-electron chi connectivity index (χ1n) is 8.01. The summed E-state index contributed by atoms with van der Waals surface area (Å²) < 4.78 is 44.2. The number of nitrogens with zero attached hydrogens (tertiary/aromatic N) is 5. The zero-order chi connectivity index (χ0) is 20.5. The van der Waals surface area contributed by atoms with E-state index in [0.29, 0.717) is 17.3 Å². The Hall–Kier alpha value is -3.28. The quantitative estimate of drug-likeness (QED) is 0.676. The lowest BCUT2D eigenvalue weighted by Crippen LogP contribution is -2.28. The minimum absolute atomic E-state index is 0.0592. The summed E-state index contributed by atoms with van der Waals surface area (Å²) in [6.07, 6.45) is -3.18. The van der Waals surface area contributed by atoms with E-state index in [9.17, 15) is 18.0 Å². The van der Waals surface area contributed by atoms with Crippen LogP contribution < -0.4 is 5.32 Å². The number of nitrogens with one attached hydrogen (secondary N) is 1. The predicted octanol–water partition coefficient (Wildman–Crippen LogP) is 1.87. The Bertz CT molecular complexity index is 998. The molecule has 0 bridgehead atoms. The van der Waals surface area contributed by atoms with Gasteiger partial charge in [0.25, 0.3) is 5.91 Å². The maximum absolute atomic E-state index is 12.7. The molecule has 3 aromatic rings. The van der Waals surface area contributed by atoms with Crippen LogP contribution in [0.1, 0.15) is 40.7 Å². The van der Waals surface area contributed by atoms with Gasteiger partial charge >= 0.3 is 6.18 Å². The number of aliphatic hydroxyl groups is 1. The van der Waals surface area contributed by atoms with Crippen LogP contribution in [0.4, 0.5) is 13.2 Å². The molecule has 0 spiro atoms. The molecule has 0 aliphatic rings. The van der Waals surface area contributed by atoms with Crippen molar-refractivity contribution in [3.63, 3.8) is 0 Å². The maximum Gasteiger partial charge on any atom is 0.435 e. The van der Waals surface area contributed by atoms with Crippen LogP contribution in [0.15, 0.2) is 28.9 Å². The lowest BCUT2D eigenvalue weighted by molar-refractivity contribution is -0.141. The van der Waals surface area contributed by atoms with Crippen LogP contribution in [0.25, 0.3) is 11.4 Å². The number of hydrogen-bond acceptors (Lipinski definition) is 7. The van der Waals surface area contributed by atoms with Gasteiger partial charge in [-0.25, -0.2) is 0 Å². The predicted molar refractivity (Wildman–Crippen MR) is 87.5 cm³/mol. The molecule has 0 aliphatic heterocycles. The summed E-state index contributed by atoms with van der Waals surface area (Å²) in [6.45, 7) is 1.29. The number of carbonyl (C=O) groups is 1. The smallest absolute Gasteiger partial charge is 0.390 e. The van der Waals surface area contributed by atoms with E-state index >= 15 is 0 Å². The molecule has 0 radical (unpaired) electrons. The third-order valence-electron chi connectivity index (χ3n) is 3.80. The molecule has 148 valence electrons. The molecule has 1 amide bonds. The van der Waals surface area contributed by atoms with Gasteiger partial charge in [0.2, 0.25) is 11.7 Å². The molecule has 3 rings (SSSR count). The number of rotatable bonds is 5. The highest BCUT2D eigenvalue weighted by molar-refractivity contribution is 5.92. The largest absolute Gasteiger partial charge is 0.435 e. The summed E-state index contributed by atoms with van der Waals surface area (Å²) in [4.78, 5) is 20.4.